The Kier molecular flexibility index (Phi) is 7.14. The highest BCUT2D eigenvalue weighted by atomic mass is 32.2. The van der Waals surface area contributed by atoms with Gasteiger partial charge in [-0.15, -0.1) is 0 Å². The summed E-state index contributed by atoms with van der Waals surface area (Å²) in [5.41, 5.74) is 0.920. The quantitative estimate of drug-likeness (QED) is 0.761. The van der Waals surface area contributed by atoms with Crippen LogP contribution in [0.25, 0.3) is 0 Å². The lowest BCUT2D eigenvalue weighted by Gasteiger charge is -2.27. The van der Waals surface area contributed by atoms with Gasteiger partial charge in [-0.3, -0.25) is 0 Å². The number of sulfonamides is 1. The highest BCUT2D eigenvalue weighted by Crippen LogP contribution is 2.21. The first kappa shape index (κ1) is 17.9. The Morgan fingerprint density at radius 2 is 1.86 bits per heavy atom. The second-order valence-electron chi connectivity index (χ2n) is 4.92. The van der Waals surface area contributed by atoms with Crippen molar-refractivity contribution in [1.82, 2.24) is 4.31 Å². The molecular weight excluding hydrogens is 288 g/mol. The average molecular weight is 314 g/mol. The van der Waals surface area contributed by atoms with Crippen LogP contribution in [0, 0.1) is 0 Å². The average Bonchev–Trinajstić information content (AvgIpc) is 2.48. The van der Waals surface area contributed by atoms with E-state index in [9.17, 15) is 8.42 Å². The molecule has 0 aliphatic rings. The second kappa shape index (κ2) is 8.36. The van der Waals surface area contributed by atoms with Gasteiger partial charge in [-0.2, -0.15) is 4.31 Å². The summed E-state index contributed by atoms with van der Waals surface area (Å²) in [5.74, 6) is 0. The van der Waals surface area contributed by atoms with Crippen LogP contribution >= 0.6 is 0 Å². The summed E-state index contributed by atoms with van der Waals surface area (Å²) >= 11 is 0. The molecule has 0 fully saturated rings. The Balaban J connectivity index is 3.03. The van der Waals surface area contributed by atoms with Gasteiger partial charge < -0.3 is 10.1 Å². The molecule has 1 rings (SSSR count). The fourth-order valence-corrected chi connectivity index (χ4v) is 3.74. The van der Waals surface area contributed by atoms with Crippen molar-refractivity contribution >= 4 is 15.7 Å². The fraction of sp³-hybridized carbons (Fsp3) is 0.600. The molecule has 1 aromatic carbocycles. The molecule has 5 nitrogen and oxygen atoms in total. The highest BCUT2D eigenvalue weighted by Gasteiger charge is 2.27. The van der Waals surface area contributed by atoms with Crippen molar-refractivity contribution in [3.8, 4) is 0 Å². The van der Waals surface area contributed by atoms with Gasteiger partial charge >= 0.3 is 0 Å². The van der Waals surface area contributed by atoms with Gasteiger partial charge in [0.05, 0.1) is 11.5 Å². The standard InChI is InChI=1S/C15H26N2O3S/c1-5-13(3)17(11-12-20-4)21(18,19)15-9-7-14(8-10-15)16-6-2/h7-10,13,16H,5-6,11-12H2,1-4H3. The molecular formula is C15H26N2O3S. The number of hydrogen-bond acceptors (Lipinski definition) is 4. The minimum Gasteiger partial charge on any atom is -0.385 e. The lowest BCUT2D eigenvalue weighted by molar-refractivity contribution is 0.167. The van der Waals surface area contributed by atoms with Crippen LogP contribution < -0.4 is 5.32 Å². The Labute approximate surface area is 128 Å². The van der Waals surface area contributed by atoms with Crippen molar-refractivity contribution in [2.75, 3.05) is 32.1 Å². The molecule has 0 bridgehead atoms. The summed E-state index contributed by atoms with van der Waals surface area (Å²) in [4.78, 5) is 0.320. The van der Waals surface area contributed by atoms with Crippen molar-refractivity contribution in [2.45, 2.75) is 38.1 Å². The third kappa shape index (κ3) is 4.69. The third-order valence-corrected chi connectivity index (χ3v) is 5.47. The Bertz CT molecular complexity index is 514. The zero-order valence-electron chi connectivity index (χ0n) is 13.3. The van der Waals surface area contributed by atoms with Crippen molar-refractivity contribution in [3.63, 3.8) is 0 Å². The summed E-state index contributed by atoms with van der Waals surface area (Å²) < 4.78 is 32.1. The number of ether oxygens (including phenoxy) is 1. The molecule has 0 aromatic heterocycles. The maximum absolute atomic E-state index is 12.8. The molecule has 0 aliphatic carbocycles. The van der Waals surface area contributed by atoms with E-state index in [1.807, 2.05) is 20.8 Å². The second-order valence-corrected chi connectivity index (χ2v) is 6.81. The summed E-state index contributed by atoms with van der Waals surface area (Å²) in [6, 6.07) is 6.83. The van der Waals surface area contributed by atoms with Crippen molar-refractivity contribution in [2.24, 2.45) is 0 Å². The Morgan fingerprint density at radius 1 is 1.24 bits per heavy atom. The van der Waals surface area contributed by atoms with Crippen LogP contribution in [0.3, 0.4) is 0 Å². The minimum absolute atomic E-state index is 0.0569. The van der Waals surface area contributed by atoms with E-state index >= 15 is 0 Å². The molecule has 1 atom stereocenters. The van der Waals surface area contributed by atoms with Gasteiger partial charge in [-0.05, 0) is 44.5 Å². The van der Waals surface area contributed by atoms with Crippen LogP contribution in [-0.4, -0.2) is 45.6 Å². The van der Waals surface area contributed by atoms with Gasteiger partial charge in [0.15, 0.2) is 0 Å². The van der Waals surface area contributed by atoms with Crippen molar-refractivity contribution in [1.29, 1.82) is 0 Å². The van der Waals surface area contributed by atoms with Gasteiger partial charge in [0.2, 0.25) is 10.0 Å². The molecule has 0 amide bonds. The van der Waals surface area contributed by atoms with Crippen LogP contribution in [-0.2, 0) is 14.8 Å². The topological polar surface area (TPSA) is 58.6 Å². The number of benzene rings is 1. The first-order valence-electron chi connectivity index (χ1n) is 7.32. The maximum atomic E-state index is 12.8. The number of nitrogens with one attached hydrogen (secondary N) is 1. The molecule has 0 spiro atoms. The normalized spacial score (nSPS) is 13.4. The third-order valence-electron chi connectivity index (χ3n) is 3.44. The van der Waals surface area contributed by atoms with Crippen molar-refractivity contribution in [3.05, 3.63) is 24.3 Å². The largest absolute Gasteiger partial charge is 0.385 e. The summed E-state index contributed by atoms with van der Waals surface area (Å²) in [6.07, 6.45) is 0.762. The summed E-state index contributed by atoms with van der Waals surface area (Å²) in [5, 5.41) is 3.16. The van der Waals surface area contributed by atoms with Crippen LogP contribution in [0.5, 0.6) is 0 Å². The Hall–Kier alpha value is -1.11. The van der Waals surface area contributed by atoms with E-state index in [0.717, 1.165) is 18.7 Å². The minimum atomic E-state index is -3.49. The van der Waals surface area contributed by atoms with E-state index in [0.29, 0.717) is 18.0 Å². The van der Waals surface area contributed by atoms with Crippen LogP contribution in [0.2, 0.25) is 0 Å². The van der Waals surface area contributed by atoms with E-state index in [2.05, 4.69) is 5.32 Å². The molecule has 1 unspecified atom stereocenters. The molecule has 0 saturated carbocycles. The van der Waals surface area contributed by atoms with Crippen molar-refractivity contribution < 1.29 is 13.2 Å². The number of anilines is 1. The van der Waals surface area contributed by atoms with Crippen LogP contribution in [0.1, 0.15) is 27.2 Å². The molecule has 21 heavy (non-hydrogen) atoms. The van der Waals surface area contributed by atoms with E-state index in [1.165, 1.54) is 4.31 Å². The predicted molar refractivity (Wildman–Crippen MR) is 86.1 cm³/mol. The molecule has 120 valence electrons. The molecule has 0 heterocycles. The highest BCUT2D eigenvalue weighted by molar-refractivity contribution is 7.89. The lowest BCUT2D eigenvalue weighted by atomic mass is 10.3. The summed E-state index contributed by atoms with van der Waals surface area (Å²) in [6.45, 7) is 7.45. The molecule has 0 saturated heterocycles. The van der Waals surface area contributed by atoms with E-state index < -0.39 is 10.0 Å². The van der Waals surface area contributed by atoms with Crippen LogP contribution in [0.4, 0.5) is 5.69 Å². The monoisotopic (exact) mass is 314 g/mol. The van der Waals surface area contributed by atoms with E-state index in [1.54, 1.807) is 31.4 Å². The predicted octanol–water partition coefficient (Wildman–Crippen LogP) is 2.55. The number of hydrogen-bond donors (Lipinski definition) is 1. The van der Waals surface area contributed by atoms with Crippen LogP contribution in [0.15, 0.2) is 29.2 Å². The SMILES string of the molecule is CCNc1ccc(S(=O)(=O)N(CCOC)C(C)CC)cc1. The molecule has 6 heteroatoms. The van der Waals surface area contributed by atoms with Gasteiger partial charge in [0.25, 0.3) is 0 Å². The Morgan fingerprint density at radius 3 is 2.33 bits per heavy atom. The lowest BCUT2D eigenvalue weighted by Crippen LogP contribution is -2.40. The van der Waals surface area contributed by atoms with E-state index in [-0.39, 0.29) is 6.04 Å². The number of rotatable bonds is 9. The number of methoxy groups -OCH3 is 1. The smallest absolute Gasteiger partial charge is 0.243 e. The molecule has 0 aliphatic heterocycles. The molecule has 1 N–H and O–H groups in total. The van der Waals surface area contributed by atoms with Gasteiger partial charge in [0.1, 0.15) is 0 Å². The molecule has 1 aromatic rings. The number of nitrogens with zero attached hydrogens (tertiary/aromatic N) is 1. The van der Waals surface area contributed by atoms with Gasteiger partial charge in [-0.25, -0.2) is 8.42 Å². The molecule has 0 radical (unpaired) electrons. The maximum Gasteiger partial charge on any atom is 0.243 e. The zero-order chi connectivity index (χ0) is 15.9. The van der Waals surface area contributed by atoms with Gasteiger partial charge in [-0.1, -0.05) is 6.92 Å². The van der Waals surface area contributed by atoms with E-state index in [4.69, 9.17) is 4.74 Å². The zero-order valence-corrected chi connectivity index (χ0v) is 14.1. The first-order valence-corrected chi connectivity index (χ1v) is 8.76. The first-order chi connectivity index (χ1) is 9.97. The fourth-order valence-electron chi connectivity index (χ4n) is 2.05. The summed E-state index contributed by atoms with van der Waals surface area (Å²) in [7, 11) is -1.91. The van der Waals surface area contributed by atoms with Gasteiger partial charge in [0, 0.05) is 31.9 Å².